The van der Waals surface area contributed by atoms with Gasteiger partial charge in [0.1, 0.15) is 0 Å². The number of rotatable bonds is 2. The summed E-state index contributed by atoms with van der Waals surface area (Å²) in [5.41, 5.74) is 8.12. The summed E-state index contributed by atoms with van der Waals surface area (Å²) in [5.74, 6) is 0. The van der Waals surface area contributed by atoms with Gasteiger partial charge in [-0.05, 0) is 19.1 Å². The summed E-state index contributed by atoms with van der Waals surface area (Å²) in [4.78, 5) is 11.6. The molecule has 2 aromatic rings. The van der Waals surface area contributed by atoms with E-state index in [1.807, 2.05) is 48.0 Å². The number of nitrogens with zero attached hydrogens (tertiary/aromatic N) is 1. The van der Waals surface area contributed by atoms with Gasteiger partial charge in [-0.2, -0.15) is 0 Å². The molecule has 82 valence electrons. The maximum Gasteiger partial charge on any atom is 0.186 e. The van der Waals surface area contributed by atoms with E-state index in [1.54, 1.807) is 6.07 Å². The van der Waals surface area contributed by atoms with Crippen LogP contribution in [0, 0.1) is 6.92 Å². The second-order valence-corrected chi connectivity index (χ2v) is 3.71. The van der Waals surface area contributed by atoms with Crippen LogP contribution in [-0.4, -0.2) is 4.57 Å². The molecule has 0 aliphatic heterocycles. The van der Waals surface area contributed by atoms with Gasteiger partial charge in [-0.25, -0.2) is 0 Å². The molecular weight excluding hydrogens is 200 g/mol. The number of aromatic nitrogens is 1. The van der Waals surface area contributed by atoms with Gasteiger partial charge in [0.15, 0.2) is 5.43 Å². The van der Waals surface area contributed by atoms with Crippen LogP contribution in [-0.2, 0) is 6.54 Å². The van der Waals surface area contributed by atoms with E-state index in [9.17, 15) is 4.79 Å². The summed E-state index contributed by atoms with van der Waals surface area (Å²) in [7, 11) is 0. The van der Waals surface area contributed by atoms with Gasteiger partial charge in [0.2, 0.25) is 0 Å². The number of nitrogens with two attached hydrogens (primary N) is 1. The lowest BCUT2D eigenvalue weighted by Crippen LogP contribution is -2.16. The van der Waals surface area contributed by atoms with Gasteiger partial charge in [0.05, 0.1) is 0 Å². The van der Waals surface area contributed by atoms with Crippen molar-refractivity contribution < 1.29 is 0 Å². The molecule has 0 fully saturated rings. The molecule has 2 rings (SSSR count). The van der Waals surface area contributed by atoms with Crippen molar-refractivity contribution in [2.24, 2.45) is 5.73 Å². The van der Waals surface area contributed by atoms with Crippen molar-refractivity contribution in [3.05, 3.63) is 64.1 Å². The fourth-order valence-electron chi connectivity index (χ4n) is 1.69. The Labute approximate surface area is 94.1 Å². The van der Waals surface area contributed by atoms with Crippen molar-refractivity contribution in [1.29, 1.82) is 0 Å². The molecule has 0 unspecified atom stereocenters. The van der Waals surface area contributed by atoms with E-state index < -0.39 is 0 Å². The summed E-state index contributed by atoms with van der Waals surface area (Å²) in [6.07, 6.45) is 1.81. The number of aryl methyl sites for hydroxylation is 1. The van der Waals surface area contributed by atoms with Crippen molar-refractivity contribution in [2.45, 2.75) is 13.5 Å². The second kappa shape index (κ2) is 4.33. The lowest BCUT2D eigenvalue weighted by atomic mass is 10.2. The van der Waals surface area contributed by atoms with E-state index in [2.05, 4.69) is 0 Å². The number of benzene rings is 1. The van der Waals surface area contributed by atoms with Gasteiger partial charge >= 0.3 is 0 Å². The monoisotopic (exact) mass is 214 g/mol. The Balaban J connectivity index is 2.62. The van der Waals surface area contributed by atoms with Gasteiger partial charge in [0, 0.05) is 35.8 Å². The third kappa shape index (κ3) is 1.90. The SMILES string of the molecule is Cc1cc(=O)c(CN)cn1-c1ccccc1. The average molecular weight is 214 g/mol. The van der Waals surface area contributed by atoms with Crippen LogP contribution in [0.3, 0.4) is 0 Å². The van der Waals surface area contributed by atoms with E-state index in [0.29, 0.717) is 5.56 Å². The normalized spacial score (nSPS) is 10.4. The summed E-state index contributed by atoms with van der Waals surface area (Å²) < 4.78 is 1.98. The predicted molar refractivity (Wildman–Crippen MR) is 64.7 cm³/mol. The molecule has 2 N–H and O–H groups in total. The highest BCUT2D eigenvalue weighted by Crippen LogP contribution is 2.10. The molecule has 0 bridgehead atoms. The van der Waals surface area contributed by atoms with Crippen molar-refractivity contribution in [3.63, 3.8) is 0 Å². The first-order chi connectivity index (χ1) is 7.72. The zero-order valence-corrected chi connectivity index (χ0v) is 9.18. The summed E-state index contributed by atoms with van der Waals surface area (Å²) >= 11 is 0. The van der Waals surface area contributed by atoms with Crippen molar-refractivity contribution >= 4 is 0 Å². The minimum absolute atomic E-state index is 0.00665. The highest BCUT2D eigenvalue weighted by atomic mass is 16.1. The molecule has 0 atom stereocenters. The van der Waals surface area contributed by atoms with Gasteiger partial charge in [-0.1, -0.05) is 18.2 Å². The average Bonchev–Trinajstić information content (AvgIpc) is 2.30. The first-order valence-electron chi connectivity index (χ1n) is 5.20. The van der Waals surface area contributed by atoms with Crippen LogP contribution in [0.5, 0.6) is 0 Å². The lowest BCUT2D eigenvalue weighted by Gasteiger charge is -2.11. The molecule has 1 aromatic heterocycles. The molecular formula is C13H14N2O. The summed E-state index contributed by atoms with van der Waals surface area (Å²) in [5, 5.41) is 0. The first-order valence-corrected chi connectivity index (χ1v) is 5.20. The Morgan fingerprint density at radius 2 is 1.94 bits per heavy atom. The Kier molecular flexibility index (Phi) is 2.88. The smallest absolute Gasteiger partial charge is 0.186 e. The molecule has 0 saturated carbocycles. The van der Waals surface area contributed by atoms with Crippen molar-refractivity contribution in [1.82, 2.24) is 4.57 Å². The minimum atomic E-state index is 0.00665. The number of hydrogen-bond donors (Lipinski definition) is 1. The molecule has 0 spiro atoms. The van der Waals surface area contributed by atoms with Crippen LogP contribution in [0.15, 0.2) is 47.4 Å². The van der Waals surface area contributed by atoms with Crippen molar-refractivity contribution in [2.75, 3.05) is 0 Å². The van der Waals surface area contributed by atoms with Crippen LogP contribution in [0.25, 0.3) is 5.69 Å². The Morgan fingerprint density at radius 3 is 2.56 bits per heavy atom. The molecule has 1 heterocycles. The van der Waals surface area contributed by atoms with Gasteiger partial charge in [-0.15, -0.1) is 0 Å². The molecule has 1 aromatic carbocycles. The first kappa shape index (κ1) is 10.6. The van der Waals surface area contributed by atoms with Crippen LogP contribution in [0.2, 0.25) is 0 Å². The molecule has 0 aliphatic rings. The molecule has 0 radical (unpaired) electrons. The predicted octanol–water partition coefficient (Wildman–Crippen LogP) is 1.60. The van der Waals surface area contributed by atoms with Crippen LogP contribution >= 0.6 is 0 Å². The highest BCUT2D eigenvalue weighted by molar-refractivity contribution is 5.35. The van der Waals surface area contributed by atoms with Gasteiger partial charge in [-0.3, -0.25) is 4.79 Å². The molecule has 16 heavy (non-hydrogen) atoms. The highest BCUT2D eigenvalue weighted by Gasteiger charge is 2.03. The summed E-state index contributed by atoms with van der Waals surface area (Å²) in [6, 6.07) is 11.5. The van der Waals surface area contributed by atoms with Crippen LogP contribution in [0.4, 0.5) is 0 Å². The van der Waals surface area contributed by atoms with Gasteiger partial charge < -0.3 is 10.3 Å². The Bertz CT molecular complexity index is 544. The standard InChI is InChI=1S/C13H14N2O/c1-10-7-13(16)11(8-14)9-15(10)12-5-3-2-4-6-12/h2-7,9H,8,14H2,1H3. The lowest BCUT2D eigenvalue weighted by molar-refractivity contribution is 0.923. The summed E-state index contributed by atoms with van der Waals surface area (Å²) in [6.45, 7) is 2.18. The Morgan fingerprint density at radius 1 is 1.25 bits per heavy atom. The fraction of sp³-hybridized carbons (Fsp3) is 0.154. The van der Waals surface area contributed by atoms with E-state index >= 15 is 0 Å². The fourth-order valence-corrected chi connectivity index (χ4v) is 1.69. The second-order valence-electron chi connectivity index (χ2n) is 3.71. The maximum absolute atomic E-state index is 11.6. The third-order valence-electron chi connectivity index (χ3n) is 2.58. The number of para-hydroxylation sites is 1. The van der Waals surface area contributed by atoms with E-state index in [4.69, 9.17) is 5.73 Å². The molecule has 0 amide bonds. The van der Waals surface area contributed by atoms with Crippen LogP contribution in [0.1, 0.15) is 11.3 Å². The molecule has 0 saturated heterocycles. The largest absolute Gasteiger partial charge is 0.326 e. The molecule has 3 heteroatoms. The van der Waals surface area contributed by atoms with Gasteiger partial charge in [0.25, 0.3) is 0 Å². The Hall–Kier alpha value is -1.87. The van der Waals surface area contributed by atoms with E-state index in [-0.39, 0.29) is 12.0 Å². The maximum atomic E-state index is 11.6. The topological polar surface area (TPSA) is 48.0 Å². The minimum Gasteiger partial charge on any atom is -0.326 e. The zero-order chi connectivity index (χ0) is 11.5. The zero-order valence-electron chi connectivity index (χ0n) is 9.18. The number of pyridine rings is 1. The third-order valence-corrected chi connectivity index (χ3v) is 2.58. The number of hydrogen-bond acceptors (Lipinski definition) is 2. The van der Waals surface area contributed by atoms with Crippen LogP contribution < -0.4 is 11.2 Å². The van der Waals surface area contributed by atoms with E-state index in [0.717, 1.165) is 11.4 Å². The molecule has 3 nitrogen and oxygen atoms in total. The van der Waals surface area contributed by atoms with Crippen molar-refractivity contribution in [3.8, 4) is 5.69 Å². The van der Waals surface area contributed by atoms with E-state index in [1.165, 1.54) is 0 Å². The quantitative estimate of drug-likeness (QED) is 0.825. The molecule has 0 aliphatic carbocycles.